The number of likely N-dealkylation sites (N-methyl/N-ethyl adjacent to an activating group) is 1. The Morgan fingerprint density at radius 1 is 1.21 bits per heavy atom. The van der Waals surface area contributed by atoms with E-state index in [9.17, 15) is 14.4 Å². The predicted octanol–water partition coefficient (Wildman–Crippen LogP) is 2.59. The molecule has 1 N–H and O–H groups in total. The smallest absolute Gasteiger partial charge is 0.277 e. The summed E-state index contributed by atoms with van der Waals surface area (Å²) in [4.78, 5) is 41.4. The first-order chi connectivity index (χ1) is 16.1. The molecule has 184 valence electrons. The molecule has 0 radical (unpaired) electrons. The number of amides is 3. The van der Waals surface area contributed by atoms with Gasteiger partial charge in [0.2, 0.25) is 5.91 Å². The summed E-state index contributed by atoms with van der Waals surface area (Å²) < 4.78 is 16.7. The van der Waals surface area contributed by atoms with Crippen LogP contribution >= 0.6 is 0 Å². The van der Waals surface area contributed by atoms with E-state index in [0.717, 1.165) is 0 Å². The van der Waals surface area contributed by atoms with Gasteiger partial charge in [0.05, 0.1) is 17.7 Å². The Morgan fingerprint density at radius 2 is 1.94 bits per heavy atom. The van der Waals surface area contributed by atoms with E-state index in [2.05, 4.69) is 10.5 Å². The Hall–Kier alpha value is -3.40. The van der Waals surface area contributed by atoms with Crippen LogP contribution in [0.1, 0.15) is 47.4 Å². The Balaban J connectivity index is 1.93. The minimum Gasteiger partial charge on any atom is -0.491 e. The zero-order chi connectivity index (χ0) is 25.0. The number of aromatic nitrogens is 1. The molecule has 10 nitrogen and oxygen atoms in total. The monoisotopic (exact) mass is 472 g/mol. The predicted molar refractivity (Wildman–Crippen MR) is 125 cm³/mol. The molecule has 3 atom stereocenters. The molecule has 3 rings (SSSR count). The lowest BCUT2D eigenvalue weighted by atomic mass is 10.0. The molecule has 0 spiro atoms. The van der Waals surface area contributed by atoms with Gasteiger partial charge in [-0.2, -0.15) is 0 Å². The number of rotatable bonds is 3. The minimum absolute atomic E-state index is 0.00301. The number of fused-ring (bicyclic) bond motifs is 1. The van der Waals surface area contributed by atoms with Crippen LogP contribution in [0.4, 0.5) is 5.69 Å². The number of aryl methyl sites for hydroxylation is 1. The molecule has 2 heterocycles. The molecule has 0 aliphatic carbocycles. The van der Waals surface area contributed by atoms with Gasteiger partial charge in [-0.25, -0.2) is 0 Å². The van der Waals surface area contributed by atoms with E-state index in [1.807, 2.05) is 13.8 Å². The third kappa shape index (κ3) is 5.74. The molecule has 1 aliphatic heterocycles. The van der Waals surface area contributed by atoms with Crippen LogP contribution in [-0.2, 0) is 9.53 Å². The quantitative estimate of drug-likeness (QED) is 0.730. The largest absolute Gasteiger partial charge is 0.491 e. The zero-order valence-corrected chi connectivity index (χ0v) is 20.5. The first kappa shape index (κ1) is 25.2. The molecule has 1 aliphatic rings. The van der Waals surface area contributed by atoms with E-state index >= 15 is 0 Å². The van der Waals surface area contributed by atoms with Crippen molar-refractivity contribution in [1.82, 2.24) is 15.0 Å². The Kier molecular flexibility index (Phi) is 7.93. The summed E-state index contributed by atoms with van der Waals surface area (Å²) in [6.45, 7) is 8.12. The summed E-state index contributed by atoms with van der Waals surface area (Å²) in [5.74, 6) is 0.0928. The van der Waals surface area contributed by atoms with Crippen molar-refractivity contribution < 1.29 is 28.4 Å². The third-order valence-corrected chi connectivity index (χ3v) is 5.97. The second-order valence-corrected chi connectivity index (χ2v) is 8.76. The summed E-state index contributed by atoms with van der Waals surface area (Å²) >= 11 is 0. The van der Waals surface area contributed by atoms with Gasteiger partial charge < -0.3 is 29.1 Å². The highest BCUT2D eigenvalue weighted by Crippen LogP contribution is 2.27. The number of hydrogen-bond acceptors (Lipinski definition) is 7. The molecule has 3 amide bonds. The molecule has 0 fully saturated rings. The lowest BCUT2D eigenvalue weighted by Gasteiger charge is -2.35. The molecule has 0 saturated carbocycles. The minimum atomic E-state index is -0.443. The van der Waals surface area contributed by atoms with Crippen LogP contribution in [0, 0.1) is 12.8 Å². The number of nitrogens with one attached hydrogen (secondary N) is 1. The van der Waals surface area contributed by atoms with Gasteiger partial charge in [0, 0.05) is 57.9 Å². The molecule has 1 aromatic carbocycles. The number of methoxy groups -OCH3 is 1. The van der Waals surface area contributed by atoms with E-state index in [1.54, 1.807) is 49.1 Å². The van der Waals surface area contributed by atoms with Crippen molar-refractivity contribution in [2.45, 2.75) is 39.8 Å². The highest BCUT2D eigenvalue weighted by Gasteiger charge is 2.29. The Labute approximate surface area is 199 Å². The summed E-state index contributed by atoms with van der Waals surface area (Å²) in [6, 6.07) is 6.13. The molecule has 0 saturated heterocycles. The van der Waals surface area contributed by atoms with Gasteiger partial charge in [0.1, 0.15) is 18.1 Å². The third-order valence-electron chi connectivity index (χ3n) is 5.97. The van der Waals surface area contributed by atoms with Crippen LogP contribution in [0.2, 0.25) is 0 Å². The van der Waals surface area contributed by atoms with Crippen molar-refractivity contribution >= 4 is 23.4 Å². The lowest BCUT2D eigenvalue weighted by molar-refractivity contribution is -0.133. The topological polar surface area (TPSA) is 114 Å². The van der Waals surface area contributed by atoms with Crippen molar-refractivity contribution in [1.29, 1.82) is 0 Å². The van der Waals surface area contributed by atoms with Crippen LogP contribution in [-0.4, -0.2) is 78.7 Å². The maximum atomic E-state index is 13.2. The van der Waals surface area contributed by atoms with Gasteiger partial charge in [-0.1, -0.05) is 12.1 Å². The van der Waals surface area contributed by atoms with E-state index in [0.29, 0.717) is 35.9 Å². The highest BCUT2D eigenvalue weighted by atomic mass is 16.5. The van der Waals surface area contributed by atoms with E-state index in [4.69, 9.17) is 14.0 Å². The van der Waals surface area contributed by atoms with Crippen LogP contribution in [0.15, 0.2) is 28.8 Å². The second-order valence-electron chi connectivity index (χ2n) is 8.76. The van der Waals surface area contributed by atoms with Gasteiger partial charge in [-0.3, -0.25) is 14.4 Å². The Bertz CT molecular complexity index is 1050. The Morgan fingerprint density at radius 3 is 2.56 bits per heavy atom. The number of nitrogens with zero attached hydrogens (tertiary/aromatic N) is 3. The van der Waals surface area contributed by atoms with Crippen LogP contribution in [0.3, 0.4) is 0 Å². The molecule has 34 heavy (non-hydrogen) atoms. The molecule has 0 unspecified atom stereocenters. The summed E-state index contributed by atoms with van der Waals surface area (Å²) in [6.07, 6.45) is -0.253. The van der Waals surface area contributed by atoms with Gasteiger partial charge in [0.15, 0.2) is 5.69 Å². The van der Waals surface area contributed by atoms with Crippen molar-refractivity contribution in [3.05, 3.63) is 41.3 Å². The fourth-order valence-corrected chi connectivity index (χ4v) is 3.96. The average molecular weight is 473 g/mol. The number of carbonyl (C=O) groups is 3. The fraction of sp³-hybridized carbons (Fsp3) is 0.500. The van der Waals surface area contributed by atoms with Crippen LogP contribution in [0.25, 0.3) is 0 Å². The zero-order valence-electron chi connectivity index (χ0n) is 20.5. The average Bonchev–Trinajstić information content (AvgIpc) is 3.24. The van der Waals surface area contributed by atoms with Crippen molar-refractivity contribution in [3.8, 4) is 5.75 Å². The molecule has 10 heteroatoms. The number of ether oxygens (including phenoxy) is 2. The van der Waals surface area contributed by atoms with Crippen molar-refractivity contribution in [2.75, 3.05) is 39.2 Å². The van der Waals surface area contributed by atoms with Crippen LogP contribution in [0.5, 0.6) is 5.75 Å². The summed E-state index contributed by atoms with van der Waals surface area (Å²) in [5.41, 5.74) is 0.932. The van der Waals surface area contributed by atoms with Gasteiger partial charge >= 0.3 is 0 Å². The molecule has 0 bridgehead atoms. The summed E-state index contributed by atoms with van der Waals surface area (Å²) in [7, 11) is 3.31. The normalized spacial score (nSPS) is 21.7. The van der Waals surface area contributed by atoms with E-state index in [1.165, 1.54) is 13.0 Å². The van der Waals surface area contributed by atoms with Gasteiger partial charge in [0.25, 0.3) is 11.8 Å². The number of benzene rings is 1. The fourth-order valence-electron chi connectivity index (χ4n) is 3.96. The lowest BCUT2D eigenvalue weighted by Crippen LogP contribution is -2.48. The number of hydrogen-bond donors (Lipinski definition) is 1. The first-order valence-electron chi connectivity index (χ1n) is 11.2. The molecule has 1 aromatic heterocycles. The number of anilines is 1. The van der Waals surface area contributed by atoms with Crippen molar-refractivity contribution in [2.24, 2.45) is 5.92 Å². The maximum Gasteiger partial charge on any atom is 0.277 e. The van der Waals surface area contributed by atoms with E-state index in [-0.39, 0.29) is 42.2 Å². The SMILES string of the molecule is CO[C@H]1CN(C)C(=O)c2ccc(NC(=O)c3cc(C)on3)cc2OC[C@@H](C)N(C(C)=O)C[C@H]1C. The molecule has 2 aromatic rings. The molecular weight excluding hydrogens is 440 g/mol. The number of carbonyl (C=O) groups excluding carboxylic acids is 3. The molecular formula is C24H32N4O6. The van der Waals surface area contributed by atoms with Crippen molar-refractivity contribution in [3.63, 3.8) is 0 Å². The maximum absolute atomic E-state index is 13.2. The van der Waals surface area contributed by atoms with Gasteiger partial charge in [-0.05, 0) is 26.0 Å². The highest BCUT2D eigenvalue weighted by molar-refractivity contribution is 6.03. The first-order valence-corrected chi connectivity index (χ1v) is 11.2. The second kappa shape index (κ2) is 10.7. The van der Waals surface area contributed by atoms with E-state index < -0.39 is 5.91 Å². The van der Waals surface area contributed by atoms with Gasteiger partial charge in [-0.15, -0.1) is 0 Å². The standard InChI is InChI=1S/C24H32N4O6/c1-14-11-28(17(4)29)15(2)13-33-21-10-18(25-23(30)20-9-16(3)34-26-20)7-8-19(21)24(31)27(5)12-22(14)32-6/h7-10,14-15,22H,11-13H2,1-6H3,(H,25,30)/t14-,15-,22+/m1/s1. The van der Waals surface area contributed by atoms with Crippen LogP contribution < -0.4 is 10.1 Å². The summed E-state index contributed by atoms with van der Waals surface area (Å²) in [5, 5.41) is 6.46.